The Morgan fingerprint density at radius 1 is 1.38 bits per heavy atom. The molecular weight excluding hydrogens is 234 g/mol. The van der Waals surface area contributed by atoms with E-state index >= 15 is 0 Å². The number of rotatable bonds is 1. The summed E-state index contributed by atoms with van der Waals surface area (Å²) in [6, 6.07) is 0. The normalized spacial score (nSPS) is 18.9. The Hall–Kier alpha value is -0.570. The second-order valence-electron chi connectivity index (χ2n) is 2.95. The lowest BCUT2D eigenvalue weighted by molar-refractivity contribution is -0.121. The lowest BCUT2D eigenvalue weighted by Crippen LogP contribution is -2.52. The summed E-state index contributed by atoms with van der Waals surface area (Å²) in [5.41, 5.74) is 2.70. The van der Waals surface area contributed by atoms with Gasteiger partial charge in [0.2, 0.25) is 0 Å². The molecule has 1 heterocycles. The highest BCUT2D eigenvalue weighted by Gasteiger charge is 2.14. The minimum atomic E-state index is -0.263. The average Bonchev–Trinajstić information content (AvgIpc) is 2.09. The van der Waals surface area contributed by atoms with E-state index in [2.05, 4.69) is 44.1 Å². The van der Waals surface area contributed by atoms with Crippen LogP contribution < -0.4 is 5.43 Å². The molecule has 0 atom stereocenters. The molecule has 1 amide bonds. The number of nitrogens with zero attached hydrogens (tertiary/aromatic N) is 2. The van der Waals surface area contributed by atoms with E-state index in [9.17, 15) is 4.79 Å². The third-order valence-corrected chi connectivity index (χ3v) is 2.12. The first kappa shape index (κ1) is 10.5. The van der Waals surface area contributed by atoms with E-state index in [1.807, 2.05) is 5.01 Å². The number of hydrogen-bond donors (Lipinski definition) is 1. The van der Waals surface area contributed by atoms with Crippen molar-refractivity contribution in [2.45, 2.75) is 0 Å². The van der Waals surface area contributed by atoms with E-state index in [1.54, 1.807) is 0 Å². The molecule has 1 aliphatic heterocycles. The Balaban J connectivity index is 2.29. The molecule has 0 saturated carbocycles. The van der Waals surface area contributed by atoms with E-state index in [1.165, 1.54) is 0 Å². The first-order chi connectivity index (χ1) is 6.22. The average molecular weight is 246 g/mol. The van der Waals surface area contributed by atoms with Gasteiger partial charge in [-0.15, -0.1) is 0 Å². The van der Waals surface area contributed by atoms with Gasteiger partial charge >= 0.3 is 5.91 Å². The number of carbonyl (C=O) groups excluding carboxylic acids is 1. The SMILES string of the molecule is CN1CCN(NC(=O)C#CBr)CC1. The summed E-state index contributed by atoms with van der Waals surface area (Å²) in [4.78, 5) is 15.6. The summed E-state index contributed by atoms with van der Waals surface area (Å²) in [5, 5.41) is 1.89. The number of carbonyl (C=O) groups is 1. The quantitative estimate of drug-likeness (QED) is 0.641. The van der Waals surface area contributed by atoms with E-state index in [-0.39, 0.29) is 5.91 Å². The first-order valence-corrected chi connectivity index (χ1v) is 4.87. The molecule has 0 aliphatic carbocycles. The molecule has 0 aromatic rings. The molecule has 0 unspecified atom stereocenters. The standard InChI is InChI=1S/C8H12BrN3O/c1-11-4-6-12(7-5-11)10-8(13)2-3-9/h4-7H2,1H3,(H,10,13). The lowest BCUT2D eigenvalue weighted by Gasteiger charge is -2.31. The van der Waals surface area contributed by atoms with Gasteiger partial charge in [-0.2, -0.15) is 0 Å². The zero-order valence-electron chi connectivity index (χ0n) is 7.51. The van der Waals surface area contributed by atoms with Crippen LogP contribution in [0.3, 0.4) is 0 Å². The number of amides is 1. The van der Waals surface area contributed by atoms with Crippen LogP contribution in [0.5, 0.6) is 0 Å². The molecule has 72 valence electrons. The first-order valence-electron chi connectivity index (χ1n) is 4.08. The number of piperazine rings is 1. The molecule has 4 nitrogen and oxygen atoms in total. The predicted molar refractivity (Wildman–Crippen MR) is 53.9 cm³/mol. The van der Waals surface area contributed by atoms with Gasteiger partial charge in [0.1, 0.15) is 0 Å². The molecular formula is C8H12BrN3O. The number of hydrogen-bond acceptors (Lipinski definition) is 3. The molecule has 0 radical (unpaired) electrons. The van der Waals surface area contributed by atoms with Crippen molar-refractivity contribution in [1.29, 1.82) is 0 Å². The monoisotopic (exact) mass is 245 g/mol. The molecule has 0 aromatic heterocycles. The van der Waals surface area contributed by atoms with Crippen LogP contribution in [0, 0.1) is 10.8 Å². The van der Waals surface area contributed by atoms with Gasteiger partial charge in [0.15, 0.2) is 0 Å². The molecule has 1 aliphatic rings. The lowest BCUT2D eigenvalue weighted by atomic mass is 10.4. The summed E-state index contributed by atoms with van der Waals surface area (Å²) >= 11 is 2.88. The zero-order valence-corrected chi connectivity index (χ0v) is 9.10. The molecule has 1 rings (SSSR count). The number of nitrogens with one attached hydrogen (secondary N) is 1. The van der Waals surface area contributed by atoms with Crippen molar-refractivity contribution in [3.05, 3.63) is 0 Å². The Kier molecular flexibility index (Phi) is 4.22. The Labute approximate surface area is 86.4 Å². The fraction of sp³-hybridized carbons (Fsp3) is 0.625. The van der Waals surface area contributed by atoms with E-state index in [4.69, 9.17) is 0 Å². The maximum atomic E-state index is 11.0. The van der Waals surface area contributed by atoms with Crippen molar-refractivity contribution in [3.8, 4) is 10.8 Å². The molecule has 13 heavy (non-hydrogen) atoms. The van der Waals surface area contributed by atoms with Crippen molar-refractivity contribution in [1.82, 2.24) is 15.3 Å². The summed E-state index contributed by atoms with van der Waals surface area (Å²) in [6.07, 6.45) is 0. The Morgan fingerprint density at radius 2 is 2.00 bits per heavy atom. The van der Waals surface area contributed by atoms with Gasteiger partial charge in [0.05, 0.1) is 0 Å². The van der Waals surface area contributed by atoms with Crippen molar-refractivity contribution < 1.29 is 4.79 Å². The number of halogens is 1. The van der Waals surface area contributed by atoms with Crippen LogP contribution in [0.2, 0.25) is 0 Å². The van der Waals surface area contributed by atoms with Gasteiger partial charge in [-0.25, -0.2) is 5.01 Å². The van der Waals surface area contributed by atoms with Crippen LogP contribution in [0.15, 0.2) is 0 Å². The highest BCUT2D eigenvalue weighted by Crippen LogP contribution is 1.94. The highest BCUT2D eigenvalue weighted by molar-refractivity contribution is 9.12. The van der Waals surface area contributed by atoms with E-state index in [0.29, 0.717) is 0 Å². The molecule has 0 bridgehead atoms. The van der Waals surface area contributed by atoms with Crippen molar-refractivity contribution in [2.75, 3.05) is 33.2 Å². The molecule has 1 N–H and O–H groups in total. The minimum Gasteiger partial charge on any atom is -0.304 e. The van der Waals surface area contributed by atoms with Gasteiger partial charge in [0.25, 0.3) is 0 Å². The maximum Gasteiger partial charge on any atom is 0.311 e. The van der Waals surface area contributed by atoms with Gasteiger partial charge < -0.3 is 4.90 Å². The van der Waals surface area contributed by atoms with E-state index in [0.717, 1.165) is 26.2 Å². The molecule has 0 spiro atoms. The predicted octanol–water partition coefficient (Wildman–Crippen LogP) is -0.379. The van der Waals surface area contributed by atoms with Gasteiger partial charge in [0, 0.05) is 48.0 Å². The van der Waals surface area contributed by atoms with Crippen molar-refractivity contribution in [3.63, 3.8) is 0 Å². The van der Waals surface area contributed by atoms with Crippen molar-refractivity contribution >= 4 is 21.8 Å². The van der Waals surface area contributed by atoms with Gasteiger partial charge in [-0.1, -0.05) is 0 Å². The maximum absolute atomic E-state index is 11.0. The summed E-state index contributed by atoms with van der Waals surface area (Å²) in [6.45, 7) is 3.66. The fourth-order valence-electron chi connectivity index (χ4n) is 1.13. The zero-order chi connectivity index (χ0) is 9.68. The topological polar surface area (TPSA) is 35.6 Å². The van der Waals surface area contributed by atoms with Crippen LogP contribution in [-0.4, -0.2) is 49.0 Å². The Morgan fingerprint density at radius 3 is 2.54 bits per heavy atom. The summed E-state index contributed by atoms with van der Waals surface area (Å²) in [5.74, 6) is 2.10. The molecule has 1 saturated heterocycles. The number of likely N-dealkylation sites (N-methyl/N-ethyl adjacent to an activating group) is 1. The minimum absolute atomic E-state index is 0.263. The third-order valence-electron chi connectivity index (χ3n) is 1.92. The molecule has 5 heteroatoms. The fourth-order valence-corrected chi connectivity index (χ4v) is 1.31. The Bertz CT molecular complexity index is 238. The summed E-state index contributed by atoms with van der Waals surface area (Å²) < 4.78 is 0. The van der Waals surface area contributed by atoms with Crippen LogP contribution in [0.1, 0.15) is 0 Å². The molecule has 0 aromatic carbocycles. The molecule has 1 fully saturated rings. The second kappa shape index (κ2) is 5.22. The van der Waals surface area contributed by atoms with Crippen LogP contribution in [0.25, 0.3) is 0 Å². The summed E-state index contributed by atoms with van der Waals surface area (Å²) in [7, 11) is 2.07. The third kappa shape index (κ3) is 3.77. The largest absolute Gasteiger partial charge is 0.311 e. The second-order valence-corrected chi connectivity index (χ2v) is 3.35. The van der Waals surface area contributed by atoms with Crippen molar-refractivity contribution in [2.24, 2.45) is 0 Å². The van der Waals surface area contributed by atoms with E-state index < -0.39 is 0 Å². The van der Waals surface area contributed by atoms with Crippen LogP contribution in [-0.2, 0) is 4.79 Å². The number of hydrazine groups is 1. The van der Waals surface area contributed by atoms with Gasteiger partial charge in [-0.3, -0.25) is 10.2 Å². The highest BCUT2D eigenvalue weighted by atomic mass is 79.9. The van der Waals surface area contributed by atoms with Crippen LogP contribution in [0.4, 0.5) is 0 Å². The van der Waals surface area contributed by atoms with Crippen LogP contribution >= 0.6 is 15.9 Å². The smallest absolute Gasteiger partial charge is 0.304 e. The van der Waals surface area contributed by atoms with Gasteiger partial charge in [-0.05, 0) is 11.9 Å².